The van der Waals surface area contributed by atoms with Gasteiger partial charge in [0.2, 0.25) is 0 Å². The number of halogens is 1. The highest BCUT2D eigenvalue weighted by molar-refractivity contribution is 9.10. The number of anilines is 1. The van der Waals surface area contributed by atoms with E-state index in [0.717, 1.165) is 30.5 Å². The summed E-state index contributed by atoms with van der Waals surface area (Å²) in [7, 11) is 0. The fraction of sp³-hybridized carbons (Fsp3) is 0.407. The lowest BCUT2D eigenvalue weighted by Crippen LogP contribution is -2.48. The Hall–Kier alpha value is -2.45. The summed E-state index contributed by atoms with van der Waals surface area (Å²) in [5, 5.41) is 3.57. The Morgan fingerprint density at radius 2 is 1.97 bits per heavy atom. The van der Waals surface area contributed by atoms with Gasteiger partial charge in [-0.3, -0.25) is 4.79 Å². The molecule has 0 spiro atoms. The highest BCUT2D eigenvalue weighted by Crippen LogP contribution is 2.42. The molecule has 1 unspecified atom stereocenters. The molecule has 2 aromatic carbocycles. The van der Waals surface area contributed by atoms with Crippen LogP contribution < -0.4 is 10.1 Å². The smallest absolute Gasteiger partial charge is 0.344 e. The first-order valence-corrected chi connectivity index (χ1v) is 13.7. The van der Waals surface area contributed by atoms with Gasteiger partial charge in [0.25, 0.3) is 5.91 Å². The Morgan fingerprint density at radius 3 is 2.69 bits per heavy atom. The summed E-state index contributed by atoms with van der Waals surface area (Å²) in [6.07, 6.45) is 6.49. The largest absolute Gasteiger partial charge is 0.481 e. The van der Waals surface area contributed by atoms with E-state index in [9.17, 15) is 9.59 Å². The number of para-hydroxylation sites is 1. The summed E-state index contributed by atoms with van der Waals surface area (Å²) in [5.41, 5.74) is 1.73. The molecule has 1 N–H and O–H groups in total. The molecule has 1 saturated carbocycles. The fourth-order valence-electron chi connectivity index (χ4n) is 4.58. The van der Waals surface area contributed by atoms with E-state index in [4.69, 9.17) is 9.47 Å². The van der Waals surface area contributed by atoms with E-state index in [1.54, 1.807) is 24.8 Å². The van der Waals surface area contributed by atoms with Crippen molar-refractivity contribution in [3.63, 3.8) is 0 Å². The number of nitrogens with one attached hydrogen (secondary N) is 1. The summed E-state index contributed by atoms with van der Waals surface area (Å²) in [4.78, 5) is 28.0. The maximum Gasteiger partial charge on any atom is 0.344 e. The minimum Gasteiger partial charge on any atom is -0.481 e. The zero-order valence-electron chi connectivity index (χ0n) is 20.0. The number of hydrogen-bond acceptors (Lipinski definition) is 6. The van der Waals surface area contributed by atoms with Crippen molar-refractivity contribution in [2.45, 2.75) is 51.1 Å². The van der Waals surface area contributed by atoms with Crippen LogP contribution in [0.4, 0.5) is 5.69 Å². The molecule has 0 bridgehead atoms. The quantitative estimate of drug-likeness (QED) is 0.303. The summed E-state index contributed by atoms with van der Waals surface area (Å²) in [6.45, 7) is 4.19. The predicted molar refractivity (Wildman–Crippen MR) is 144 cm³/mol. The first-order valence-electron chi connectivity index (χ1n) is 12.1. The maximum atomic E-state index is 13.7. The average Bonchev–Trinajstić information content (AvgIpc) is 3.14. The number of carbonyl (C=O) groups is 2. The van der Waals surface area contributed by atoms with Gasteiger partial charge in [0.05, 0.1) is 16.0 Å². The zero-order chi connectivity index (χ0) is 24.8. The predicted octanol–water partition coefficient (Wildman–Crippen LogP) is 6.28. The van der Waals surface area contributed by atoms with Crippen LogP contribution in [0.25, 0.3) is 6.08 Å². The number of hydrogen-bond donors (Lipinski definition) is 1. The summed E-state index contributed by atoms with van der Waals surface area (Å²) in [5.74, 6) is 0.679. The molecule has 3 atom stereocenters. The molecule has 0 radical (unpaired) electrons. The molecule has 1 saturated heterocycles. The van der Waals surface area contributed by atoms with Crippen molar-refractivity contribution >= 4 is 51.3 Å². The van der Waals surface area contributed by atoms with Gasteiger partial charge in [0.15, 0.2) is 12.1 Å². The lowest BCUT2D eigenvalue weighted by atomic mass is 9.85. The van der Waals surface area contributed by atoms with Crippen molar-refractivity contribution < 1.29 is 19.1 Å². The number of carbonyl (C=O) groups excluding carboxylic acids is 2. The molecule has 2 aromatic rings. The third-order valence-electron chi connectivity index (χ3n) is 6.33. The van der Waals surface area contributed by atoms with Crippen LogP contribution in [0, 0.1) is 5.92 Å². The van der Waals surface area contributed by atoms with E-state index in [2.05, 4.69) is 33.1 Å². The van der Waals surface area contributed by atoms with Crippen molar-refractivity contribution in [1.82, 2.24) is 4.90 Å². The molecule has 186 valence electrons. The molecule has 1 heterocycles. The van der Waals surface area contributed by atoms with Crippen LogP contribution >= 0.6 is 27.7 Å². The molecule has 35 heavy (non-hydrogen) atoms. The van der Waals surface area contributed by atoms with Crippen LogP contribution in [-0.2, 0) is 14.3 Å². The maximum absolute atomic E-state index is 13.7. The molecule has 8 heteroatoms. The summed E-state index contributed by atoms with van der Waals surface area (Å²) >= 11 is 5.08. The van der Waals surface area contributed by atoms with Crippen LogP contribution in [0.2, 0.25) is 0 Å². The molecular weight excluding hydrogens is 528 g/mol. The molecule has 4 rings (SSSR count). The van der Waals surface area contributed by atoms with Gasteiger partial charge in [-0.1, -0.05) is 55.8 Å². The van der Waals surface area contributed by atoms with E-state index in [0.29, 0.717) is 27.7 Å². The standard InChI is InChI=1S/C27H31BrN2O4S/c1-3-33-25(31)17-34-23-14-13-19(15-21(23)28)16-24-26(32)30(22-12-8-7-9-18(22)2)27(35-24)29-20-10-5-4-6-11-20/h4-6,10-11,13-16,18,22,27,29H,3,7-9,12,17H2,1-2H3/b24-16-/t18-,22+,27?/m0/s1. The van der Waals surface area contributed by atoms with Crippen molar-refractivity contribution in [1.29, 1.82) is 0 Å². The normalized spacial score (nSPS) is 23.4. The minimum absolute atomic E-state index is 0.0703. The molecule has 2 aliphatic rings. The molecule has 2 fully saturated rings. The van der Waals surface area contributed by atoms with Gasteiger partial charge in [-0.05, 0) is 77.5 Å². The summed E-state index contributed by atoms with van der Waals surface area (Å²) < 4.78 is 11.2. The number of nitrogens with zero attached hydrogens (tertiary/aromatic N) is 1. The van der Waals surface area contributed by atoms with E-state index < -0.39 is 5.97 Å². The fourth-order valence-corrected chi connectivity index (χ4v) is 6.30. The Kier molecular flexibility index (Phi) is 8.78. The van der Waals surface area contributed by atoms with Gasteiger partial charge >= 0.3 is 5.97 Å². The van der Waals surface area contributed by atoms with Gasteiger partial charge in [-0.25, -0.2) is 4.79 Å². The lowest BCUT2D eigenvalue weighted by molar-refractivity contribution is -0.145. The highest BCUT2D eigenvalue weighted by atomic mass is 79.9. The minimum atomic E-state index is -0.410. The number of ether oxygens (including phenoxy) is 2. The van der Waals surface area contributed by atoms with E-state index >= 15 is 0 Å². The van der Waals surface area contributed by atoms with Gasteiger partial charge in [0, 0.05) is 11.7 Å². The average molecular weight is 560 g/mol. The van der Waals surface area contributed by atoms with E-state index in [1.807, 2.05) is 48.5 Å². The van der Waals surface area contributed by atoms with Crippen LogP contribution in [0.3, 0.4) is 0 Å². The van der Waals surface area contributed by atoms with E-state index in [-0.39, 0.29) is 24.1 Å². The summed E-state index contributed by atoms with van der Waals surface area (Å²) in [6, 6.07) is 15.8. The second-order valence-electron chi connectivity index (χ2n) is 8.81. The third-order valence-corrected chi connectivity index (χ3v) is 8.06. The van der Waals surface area contributed by atoms with Crippen LogP contribution in [0.1, 0.15) is 45.1 Å². The Labute approximate surface area is 219 Å². The second kappa shape index (κ2) is 12.0. The lowest BCUT2D eigenvalue weighted by Gasteiger charge is -2.39. The van der Waals surface area contributed by atoms with Gasteiger partial charge in [0.1, 0.15) is 5.75 Å². The SMILES string of the molecule is CCOC(=O)COc1ccc(/C=C2\SC(Nc3ccccc3)N([C@@H]3CCCC[C@@H]3C)C2=O)cc1Br. The van der Waals surface area contributed by atoms with Gasteiger partial charge in [-0.15, -0.1) is 0 Å². The Balaban J connectivity index is 1.54. The van der Waals surface area contributed by atoms with E-state index in [1.165, 1.54) is 6.42 Å². The first kappa shape index (κ1) is 25.6. The van der Waals surface area contributed by atoms with Crippen LogP contribution in [0.15, 0.2) is 57.9 Å². The molecular formula is C27H31BrN2O4S. The van der Waals surface area contributed by atoms with Gasteiger partial charge < -0.3 is 19.7 Å². The highest BCUT2D eigenvalue weighted by Gasteiger charge is 2.42. The molecule has 0 aromatic heterocycles. The first-order chi connectivity index (χ1) is 17.0. The molecule has 6 nitrogen and oxygen atoms in total. The van der Waals surface area contributed by atoms with Crippen LogP contribution in [0.5, 0.6) is 5.75 Å². The van der Waals surface area contributed by atoms with Crippen molar-refractivity contribution in [2.75, 3.05) is 18.5 Å². The molecule has 1 aliphatic carbocycles. The number of amides is 1. The number of rotatable bonds is 8. The number of benzene rings is 2. The molecule has 1 amide bonds. The second-order valence-corrected chi connectivity index (χ2v) is 10.8. The monoisotopic (exact) mass is 558 g/mol. The van der Waals surface area contributed by atoms with Crippen molar-refractivity contribution in [3.05, 3.63) is 63.5 Å². The zero-order valence-corrected chi connectivity index (χ0v) is 22.4. The topological polar surface area (TPSA) is 67.9 Å². The number of thioether (sulfide) groups is 1. The van der Waals surface area contributed by atoms with Gasteiger partial charge in [-0.2, -0.15) is 0 Å². The van der Waals surface area contributed by atoms with Crippen molar-refractivity contribution in [2.24, 2.45) is 5.92 Å². The van der Waals surface area contributed by atoms with Crippen molar-refractivity contribution in [3.8, 4) is 5.75 Å². The number of esters is 1. The Bertz CT molecular complexity index is 1080. The Morgan fingerprint density at radius 1 is 1.20 bits per heavy atom. The van der Waals surface area contributed by atoms with Crippen LogP contribution in [-0.4, -0.2) is 41.5 Å². The molecule has 1 aliphatic heterocycles. The third kappa shape index (κ3) is 6.41.